The Morgan fingerprint density at radius 2 is 1.77 bits per heavy atom. The van der Waals surface area contributed by atoms with Crippen molar-refractivity contribution in [3.63, 3.8) is 0 Å². The van der Waals surface area contributed by atoms with Crippen molar-refractivity contribution in [1.29, 1.82) is 0 Å². The molecule has 0 N–H and O–H groups in total. The van der Waals surface area contributed by atoms with Crippen LogP contribution in [0.15, 0.2) is 53.3 Å². The number of pyridine rings is 1. The maximum absolute atomic E-state index is 13.3. The van der Waals surface area contributed by atoms with Gasteiger partial charge in [-0.05, 0) is 30.3 Å². The number of aromatic nitrogens is 3. The summed E-state index contributed by atoms with van der Waals surface area (Å²) in [5, 5.41) is 3.93. The summed E-state index contributed by atoms with van der Waals surface area (Å²) < 4.78 is 18.6. The first-order chi connectivity index (χ1) is 14.6. The highest BCUT2D eigenvalue weighted by Crippen LogP contribution is 2.16. The van der Waals surface area contributed by atoms with Gasteiger partial charge in [0.15, 0.2) is 0 Å². The van der Waals surface area contributed by atoms with Gasteiger partial charge in [-0.15, -0.1) is 0 Å². The molecule has 3 heterocycles. The lowest BCUT2D eigenvalue weighted by atomic mass is 10.1. The SMILES string of the molecule is O=C(CCc1nc(-c2ccncc2)no1)N1CCN(C(=O)c2cccc(F)c2)CC1. The summed E-state index contributed by atoms with van der Waals surface area (Å²) in [4.78, 5) is 36.6. The van der Waals surface area contributed by atoms with Crippen LogP contribution in [0.3, 0.4) is 0 Å². The van der Waals surface area contributed by atoms with E-state index in [1.54, 1.807) is 40.4 Å². The van der Waals surface area contributed by atoms with Gasteiger partial charge in [-0.3, -0.25) is 14.6 Å². The monoisotopic (exact) mass is 409 g/mol. The summed E-state index contributed by atoms with van der Waals surface area (Å²) >= 11 is 0. The first kappa shape index (κ1) is 19.7. The van der Waals surface area contributed by atoms with Crippen LogP contribution in [-0.2, 0) is 11.2 Å². The van der Waals surface area contributed by atoms with E-state index >= 15 is 0 Å². The molecule has 0 unspecified atom stereocenters. The number of piperazine rings is 1. The summed E-state index contributed by atoms with van der Waals surface area (Å²) in [5.74, 6) is 0.162. The maximum Gasteiger partial charge on any atom is 0.254 e. The zero-order chi connectivity index (χ0) is 20.9. The molecule has 8 nitrogen and oxygen atoms in total. The van der Waals surface area contributed by atoms with Crippen LogP contribution in [0.5, 0.6) is 0 Å². The smallest absolute Gasteiger partial charge is 0.254 e. The van der Waals surface area contributed by atoms with Crippen molar-refractivity contribution < 1.29 is 18.5 Å². The van der Waals surface area contributed by atoms with Gasteiger partial charge < -0.3 is 14.3 Å². The fourth-order valence-electron chi connectivity index (χ4n) is 3.31. The van der Waals surface area contributed by atoms with Gasteiger partial charge in [0, 0.05) is 62.5 Å². The van der Waals surface area contributed by atoms with Crippen molar-refractivity contribution in [3.8, 4) is 11.4 Å². The topological polar surface area (TPSA) is 92.4 Å². The highest BCUT2D eigenvalue weighted by Gasteiger charge is 2.25. The Hall–Kier alpha value is -3.62. The minimum atomic E-state index is -0.442. The van der Waals surface area contributed by atoms with Gasteiger partial charge in [0.25, 0.3) is 5.91 Å². The summed E-state index contributed by atoms with van der Waals surface area (Å²) in [6, 6.07) is 9.20. The average molecular weight is 409 g/mol. The van der Waals surface area contributed by atoms with E-state index in [1.165, 1.54) is 18.2 Å². The predicted molar refractivity (Wildman–Crippen MR) is 105 cm³/mol. The van der Waals surface area contributed by atoms with E-state index in [1.807, 2.05) is 0 Å². The van der Waals surface area contributed by atoms with Gasteiger partial charge in [0.1, 0.15) is 5.82 Å². The van der Waals surface area contributed by atoms with Crippen LogP contribution < -0.4 is 0 Å². The first-order valence-corrected chi connectivity index (χ1v) is 9.66. The molecule has 154 valence electrons. The fourth-order valence-corrected chi connectivity index (χ4v) is 3.31. The zero-order valence-electron chi connectivity index (χ0n) is 16.2. The molecule has 0 aliphatic carbocycles. The van der Waals surface area contributed by atoms with Crippen LogP contribution in [0.1, 0.15) is 22.7 Å². The number of hydrogen-bond acceptors (Lipinski definition) is 6. The summed E-state index contributed by atoms with van der Waals surface area (Å²) in [5.41, 5.74) is 1.11. The Kier molecular flexibility index (Phi) is 5.78. The molecule has 30 heavy (non-hydrogen) atoms. The number of nitrogens with zero attached hydrogens (tertiary/aromatic N) is 5. The molecule has 1 aliphatic rings. The van der Waals surface area contributed by atoms with Gasteiger partial charge in [-0.2, -0.15) is 4.98 Å². The molecule has 0 saturated carbocycles. The second-order valence-electron chi connectivity index (χ2n) is 6.93. The van der Waals surface area contributed by atoms with Crippen LogP contribution in [0.25, 0.3) is 11.4 Å². The summed E-state index contributed by atoms with van der Waals surface area (Å²) in [7, 11) is 0. The number of carbonyl (C=O) groups is 2. The number of amides is 2. The van der Waals surface area contributed by atoms with Gasteiger partial charge >= 0.3 is 0 Å². The number of aryl methyl sites for hydroxylation is 1. The van der Waals surface area contributed by atoms with E-state index in [4.69, 9.17) is 4.52 Å². The molecule has 1 aromatic carbocycles. The van der Waals surface area contributed by atoms with E-state index in [2.05, 4.69) is 15.1 Å². The van der Waals surface area contributed by atoms with Crippen LogP contribution in [0.4, 0.5) is 4.39 Å². The van der Waals surface area contributed by atoms with Crippen molar-refractivity contribution in [2.24, 2.45) is 0 Å². The molecule has 0 spiro atoms. The molecule has 0 atom stereocenters. The Labute approximate surface area is 172 Å². The van der Waals surface area contributed by atoms with Crippen LogP contribution in [0, 0.1) is 5.82 Å². The van der Waals surface area contributed by atoms with Gasteiger partial charge in [-0.25, -0.2) is 4.39 Å². The molecule has 0 bridgehead atoms. The van der Waals surface area contributed by atoms with Crippen molar-refractivity contribution >= 4 is 11.8 Å². The Bertz CT molecular complexity index is 1030. The summed E-state index contributed by atoms with van der Waals surface area (Å²) in [6.45, 7) is 1.69. The molecule has 4 rings (SSSR count). The number of carbonyl (C=O) groups excluding carboxylic acids is 2. The number of rotatable bonds is 5. The Morgan fingerprint density at radius 3 is 2.50 bits per heavy atom. The van der Waals surface area contributed by atoms with Crippen LogP contribution in [-0.4, -0.2) is 62.9 Å². The van der Waals surface area contributed by atoms with E-state index in [0.717, 1.165) is 5.56 Å². The fraction of sp³-hybridized carbons (Fsp3) is 0.286. The molecule has 0 radical (unpaired) electrons. The molecule has 2 amide bonds. The van der Waals surface area contributed by atoms with Gasteiger partial charge in [-0.1, -0.05) is 11.2 Å². The molecule has 2 aromatic heterocycles. The Morgan fingerprint density at radius 1 is 1.03 bits per heavy atom. The van der Waals surface area contributed by atoms with E-state index < -0.39 is 5.82 Å². The Balaban J connectivity index is 1.27. The van der Waals surface area contributed by atoms with Crippen molar-refractivity contribution in [2.45, 2.75) is 12.8 Å². The lowest BCUT2D eigenvalue weighted by Gasteiger charge is -2.34. The van der Waals surface area contributed by atoms with Crippen molar-refractivity contribution in [1.82, 2.24) is 24.9 Å². The van der Waals surface area contributed by atoms with E-state index in [0.29, 0.717) is 49.9 Å². The minimum absolute atomic E-state index is 0.0310. The minimum Gasteiger partial charge on any atom is -0.339 e. The molecule has 3 aromatic rings. The third kappa shape index (κ3) is 4.51. The van der Waals surface area contributed by atoms with E-state index in [-0.39, 0.29) is 18.2 Å². The molecular formula is C21H20FN5O3. The number of halogens is 1. The predicted octanol–water partition coefficient (Wildman–Crippen LogP) is 2.19. The van der Waals surface area contributed by atoms with Crippen LogP contribution >= 0.6 is 0 Å². The standard InChI is InChI=1S/C21H20FN5O3/c22-17-3-1-2-16(14-17)21(29)27-12-10-26(11-13-27)19(28)5-4-18-24-20(25-30-18)15-6-8-23-9-7-15/h1-3,6-9,14H,4-5,10-13H2. The van der Waals surface area contributed by atoms with Gasteiger partial charge in [0.05, 0.1) is 0 Å². The lowest BCUT2D eigenvalue weighted by molar-refractivity contribution is -0.132. The molecule has 1 fully saturated rings. The highest BCUT2D eigenvalue weighted by atomic mass is 19.1. The quantitative estimate of drug-likeness (QED) is 0.641. The average Bonchev–Trinajstić information content (AvgIpc) is 3.27. The van der Waals surface area contributed by atoms with Gasteiger partial charge in [0.2, 0.25) is 17.6 Å². The van der Waals surface area contributed by atoms with E-state index in [9.17, 15) is 14.0 Å². The highest BCUT2D eigenvalue weighted by molar-refractivity contribution is 5.94. The number of hydrogen-bond donors (Lipinski definition) is 0. The molecule has 1 saturated heterocycles. The third-order valence-corrected chi connectivity index (χ3v) is 4.95. The third-order valence-electron chi connectivity index (χ3n) is 4.95. The first-order valence-electron chi connectivity index (χ1n) is 9.66. The normalized spacial score (nSPS) is 14.0. The molecule has 1 aliphatic heterocycles. The largest absolute Gasteiger partial charge is 0.339 e. The van der Waals surface area contributed by atoms with Crippen LogP contribution in [0.2, 0.25) is 0 Å². The summed E-state index contributed by atoms with van der Waals surface area (Å²) in [6.07, 6.45) is 3.89. The molecular weight excluding hydrogens is 389 g/mol. The second-order valence-corrected chi connectivity index (χ2v) is 6.93. The second kappa shape index (κ2) is 8.81. The van der Waals surface area contributed by atoms with Crippen molar-refractivity contribution in [2.75, 3.05) is 26.2 Å². The lowest BCUT2D eigenvalue weighted by Crippen LogP contribution is -2.50. The zero-order valence-corrected chi connectivity index (χ0v) is 16.2. The molecule has 9 heteroatoms. The van der Waals surface area contributed by atoms with Crippen molar-refractivity contribution in [3.05, 3.63) is 66.1 Å². The number of benzene rings is 1. The maximum atomic E-state index is 13.3.